The predicted molar refractivity (Wildman–Crippen MR) is 95.0 cm³/mol. The molecule has 0 aromatic heterocycles. The zero-order chi connectivity index (χ0) is 17.3. The fourth-order valence-electron chi connectivity index (χ4n) is 3.92. The Bertz CT molecular complexity index is 887. The summed E-state index contributed by atoms with van der Waals surface area (Å²) < 4.78 is 4.61. The molecule has 1 aliphatic carbocycles. The molecule has 0 bridgehead atoms. The van der Waals surface area contributed by atoms with Crippen molar-refractivity contribution < 1.29 is 14.3 Å². The molecule has 0 amide bonds. The fourth-order valence-corrected chi connectivity index (χ4v) is 5.47. The maximum absolute atomic E-state index is 12.3. The second kappa shape index (κ2) is 4.73. The van der Waals surface area contributed by atoms with Crippen LogP contribution in [0.5, 0.6) is 0 Å². The van der Waals surface area contributed by atoms with Gasteiger partial charge < -0.3 is 4.74 Å². The molecule has 0 spiro atoms. The number of carbonyl (C=O) groups excluding carboxylic acids is 2. The van der Waals surface area contributed by atoms with Crippen molar-refractivity contribution in [1.82, 2.24) is 0 Å². The Morgan fingerprint density at radius 3 is 2.33 bits per heavy atom. The lowest BCUT2D eigenvalue weighted by Gasteiger charge is -2.45. The molecule has 0 N–H and O–H groups in total. The molecule has 3 aliphatic rings. The Morgan fingerprint density at radius 1 is 1.00 bits per heavy atom. The molecule has 4 heteroatoms. The number of benzene rings is 1. The molecule has 0 saturated heterocycles. The van der Waals surface area contributed by atoms with Crippen molar-refractivity contribution in [2.75, 3.05) is 0 Å². The summed E-state index contributed by atoms with van der Waals surface area (Å²) in [6, 6.07) is 10.2. The number of hydrogen-bond donors (Lipinski definition) is 0. The standard InChI is InChI=1S/C20H18O3S/c1-11-13-10-14(12-8-6-5-7-9-12)24-20(13,4)19(2,3)16-15(11)17(21)23-18(16)22/h5-10H,1-4H3. The smallest absolute Gasteiger partial charge is 0.346 e. The van der Waals surface area contributed by atoms with Gasteiger partial charge in [-0.05, 0) is 36.6 Å². The van der Waals surface area contributed by atoms with E-state index in [1.165, 1.54) is 4.91 Å². The minimum Gasteiger partial charge on any atom is -0.386 e. The number of rotatable bonds is 1. The molecule has 1 aromatic rings. The lowest BCUT2D eigenvalue weighted by Crippen LogP contribution is -2.44. The van der Waals surface area contributed by atoms with Gasteiger partial charge >= 0.3 is 11.9 Å². The number of carbonyl (C=O) groups is 2. The fraction of sp³-hybridized carbons (Fsp3) is 0.300. The third-order valence-electron chi connectivity index (χ3n) is 5.60. The lowest BCUT2D eigenvalue weighted by atomic mass is 9.63. The molecule has 0 fully saturated rings. The van der Waals surface area contributed by atoms with E-state index < -0.39 is 17.4 Å². The number of allylic oxidation sites excluding steroid dienone is 1. The van der Waals surface area contributed by atoms with E-state index in [4.69, 9.17) is 4.74 Å². The first-order valence-corrected chi connectivity index (χ1v) is 8.78. The second-order valence-electron chi connectivity index (χ2n) is 7.10. The monoisotopic (exact) mass is 338 g/mol. The van der Waals surface area contributed by atoms with Gasteiger partial charge in [-0.25, -0.2) is 9.59 Å². The van der Waals surface area contributed by atoms with Gasteiger partial charge in [0.05, 0.1) is 15.9 Å². The van der Waals surface area contributed by atoms with Crippen molar-refractivity contribution in [3.63, 3.8) is 0 Å². The summed E-state index contributed by atoms with van der Waals surface area (Å²) in [6.07, 6.45) is 2.16. The molecule has 122 valence electrons. The van der Waals surface area contributed by atoms with Crippen molar-refractivity contribution in [2.45, 2.75) is 32.4 Å². The van der Waals surface area contributed by atoms with Crippen LogP contribution in [0.3, 0.4) is 0 Å². The lowest BCUT2D eigenvalue weighted by molar-refractivity contribution is -0.151. The highest BCUT2D eigenvalue weighted by Crippen LogP contribution is 2.64. The van der Waals surface area contributed by atoms with E-state index in [0.717, 1.165) is 16.7 Å². The van der Waals surface area contributed by atoms with Crippen LogP contribution in [0, 0.1) is 5.41 Å². The Labute approximate surface area is 145 Å². The SMILES string of the molecule is CC1=C2C=C(c3ccccc3)SC2(C)C(C)(C)C2=C1C(=O)OC2=O. The molecule has 1 aromatic carbocycles. The van der Waals surface area contributed by atoms with E-state index in [1.54, 1.807) is 11.8 Å². The molecule has 2 heterocycles. The first-order valence-electron chi connectivity index (χ1n) is 7.96. The third kappa shape index (κ3) is 1.75. The molecular formula is C20H18O3S. The van der Waals surface area contributed by atoms with Gasteiger partial charge in [0.1, 0.15) is 0 Å². The van der Waals surface area contributed by atoms with Gasteiger partial charge in [-0.2, -0.15) is 0 Å². The molecule has 2 aliphatic heterocycles. The maximum atomic E-state index is 12.3. The number of fused-ring (bicyclic) bond motifs is 1. The van der Waals surface area contributed by atoms with E-state index in [2.05, 4.69) is 25.1 Å². The van der Waals surface area contributed by atoms with Crippen LogP contribution in [0.1, 0.15) is 33.3 Å². The molecule has 4 rings (SSSR count). The highest BCUT2D eigenvalue weighted by Gasteiger charge is 2.59. The summed E-state index contributed by atoms with van der Waals surface area (Å²) in [6.45, 7) is 8.14. The minimum absolute atomic E-state index is 0.315. The van der Waals surface area contributed by atoms with E-state index in [0.29, 0.717) is 11.1 Å². The summed E-state index contributed by atoms with van der Waals surface area (Å²) in [5, 5.41) is 0. The van der Waals surface area contributed by atoms with Crippen molar-refractivity contribution in [2.24, 2.45) is 5.41 Å². The van der Waals surface area contributed by atoms with Crippen molar-refractivity contribution in [1.29, 1.82) is 0 Å². The number of esters is 2. The summed E-state index contributed by atoms with van der Waals surface area (Å²) in [4.78, 5) is 25.7. The minimum atomic E-state index is -0.512. The Kier molecular flexibility index (Phi) is 3.05. The van der Waals surface area contributed by atoms with Crippen molar-refractivity contribution in [3.05, 3.63) is 64.3 Å². The van der Waals surface area contributed by atoms with E-state index in [9.17, 15) is 9.59 Å². The van der Waals surface area contributed by atoms with Crippen LogP contribution in [0.25, 0.3) is 4.91 Å². The van der Waals surface area contributed by atoms with E-state index in [-0.39, 0.29) is 4.75 Å². The number of thioether (sulfide) groups is 1. The summed E-state index contributed by atoms with van der Waals surface area (Å²) in [5.41, 5.74) is 3.61. The Hall–Kier alpha value is -2.07. The first-order chi connectivity index (χ1) is 11.3. The maximum Gasteiger partial charge on any atom is 0.346 e. The molecular weight excluding hydrogens is 320 g/mol. The van der Waals surface area contributed by atoms with Gasteiger partial charge in [-0.3, -0.25) is 0 Å². The highest BCUT2D eigenvalue weighted by molar-refractivity contribution is 8.10. The van der Waals surface area contributed by atoms with Gasteiger partial charge in [-0.1, -0.05) is 44.2 Å². The normalized spacial score (nSPS) is 27.9. The molecule has 0 saturated carbocycles. The van der Waals surface area contributed by atoms with Gasteiger partial charge in [0, 0.05) is 10.3 Å². The molecule has 1 unspecified atom stereocenters. The first kappa shape index (κ1) is 15.5. The molecule has 24 heavy (non-hydrogen) atoms. The van der Waals surface area contributed by atoms with Crippen LogP contribution in [-0.4, -0.2) is 16.7 Å². The predicted octanol–water partition coefficient (Wildman–Crippen LogP) is 4.27. The van der Waals surface area contributed by atoms with Crippen molar-refractivity contribution in [3.8, 4) is 0 Å². The van der Waals surface area contributed by atoms with Crippen molar-refractivity contribution >= 4 is 28.6 Å². The largest absolute Gasteiger partial charge is 0.386 e. The van der Waals surface area contributed by atoms with Crippen LogP contribution >= 0.6 is 11.8 Å². The average molecular weight is 338 g/mol. The molecule has 0 radical (unpaired) electrons. The molecule has 3 nitrogen and oxygen atoms in total. The second-order valence-corrected chi connectivity index (χ2v) is 8.56. The summed E-state index contributed by atoms with van der Waals surface area (Å²) in [5.74, 6) is -1.00. The van der Waals surface area contributed by atoms with Gasteiger partial charge in [0.2, 0.25) is 0 Å². The number of ether oxygens (including phenoxy) is 1. The van der Waals surface area contributed by atoms with Crippen LogP contribution in [0.15, 0.2) is 58.7 Å². The third-order valence-corrected chi connectivity index (χ3v) is 7.31. The van der Waals surface area contributed by atoms with Gasteiger partial charge in [-0.15, -0.1) is 11.8 Å². The average Bonchev–Trinajstić information content (AvgIpc) is 3.05. The van der Waals surface area contributed by atoms with Crippen LogP contribution in [-0.2, 0) is 14.3 Å². The topological polar surface area (TPSA) is 43.4 Å². The van der Waals surface area contributed by atoms with Crippen LogP contribution in [0.4, 0.5) is 0 Å². The Balaban J connectivity index is 1.95. The van der Waals surface area contributed by atoms with Crippen LogP contribution in [0.2, 0.25) is 0 Å². The number of cyclic esters (lactones) is 2. The van der Waals surface area contributed by atoms with Crippen LogP contribution < -0.4 is 0 Å². The summed E-state index contributed by atoms with van der Waals surface area (Å²) >= 11 is 1.76. The number of hydrogen-bond acceptors (Lipinski definition) is 4. The van der Waals surface area contributed by atoms with Gasteiger partial charge in [0.25, 0.3) is 0 Å². The Morgan fingerprint density at radius 2 is 1.67 bits per heavy atom. The summed E-state index contributed by atoms with van der Waals surface area (Å²) in [7, 11) is 0. The zero-order valence-electron chi connectivity index (χ0n) is 14.1. The molecule has 1 atom stereocenters. The quantitative estimate of drug-likeness (QED) is 0.566. The van der Waals surface area contributed by atoms with Gasteiger partial charge in [0.15, 0.2) is 0 Å². The highest BCUT2D eigenvalue weighted by atomic mass is 32.2. The zero-order valence-corrected chi connectivity index (χ0v) is 14.9. The van der Waals surface area contributed by atoms with E-state index >= 15 is 0 Å². The van der Waals surface area contributed by atoms with E-state index in [1.807, 2.05) is 39.0 Å².